The van der Waals surface area contributed by atoms with Gasteiger partial charge in [0.15, 0.2) is 0 Å². The Morgan fingerprint density at radius 3 is 2.56 bits per heavy atom. The summed E-state index contributed by atoms with van der Waals surface area (Å²) >= 11 is 3.53. The first-order chi connectivity index (χ1) is 8.56. The maximum atomic E-state index is 3.60. The summed E-state index contributed by atoms with van der Waals surface area (Å²) in [5.41, 5.74) is 2.72. The summed E-state index contributed by atoms with van der Waals surface area (Å²) in [6, 6.07) is 6.98. The highest BCUT2D eigenvalue weighted by atomic mass is 79.9. The molecule has 0 fully saturated rings. The molecule has 2 nitrogen and oxygen atoms in total. The van der Waals surface area contributed by atoms with Gasteiger partial charge < -0.3 is 10.2 Å². The van der Waals surface area contributed by atoms with E-state index >= 15 is 0 Å². The molecule has 0 saturated heterocycles. The van der Waals surface area contributed by atoms with E-state index in [0.717, 1.165) is 30.7 Å². The zero-order valence-electron chi connectivity index (χ0n) is 12.0. The van der Waals surface area contributed by atoms with Gasteiger partial charge in [-0.15, -0.1) is 0 Å². The summed E-state index contributed by atoms with van der Waals surface area (Å²) in [5.74, 6) is 0. The van der Waals surface area contributed by atoms with Crippen molar-refractivity contribution in [2.45, 2.75) is 40.3 Å². The smallest absolute Gasteiger partial charge is 0.0211 e. The molecule has 1 unspecified atom stereocenters. The maximum Gasteiger partial charge on any atom is 0.0211 e. The quantitative estimate of drug-likeness (QED) is 0.828. The van der Waals surface area contributed by atoms with Gasteiger partial charge in [-0.05, 0) is 50.2 Å². The first kappa shape index (κ1) is 15.7. The summed E-state index contributed by atoms with van der Waals surface area (Å²) in [5, 5.41) is 3.60. The second-order valence-electron chi connectivity index (χ2n) is 4.84. The molecule has 1 N–H and O–H groups in total. The minimum Gasteiger partial charge on any atom is -0.309 e. The van der Waals surface area contributed by atoms with Crippen molar-refractivity contribution in [2.24, 2.45) is 0 Å². The zero-order chi connectivity index (χ0) is 13.5. The van der Waals surface area contributed by atoms with E-state index in [2.05, 4.69) is 72.0 Å². The monoisotopic (exact) mass is 312 g/mol. The molecule has 0 aromatic heterocycles. The van der Waals surface area contributed by atoms with Gasteiger partial charge in [0.25, 0.3) is 0 Å². The molecule has 0 aliphatic heterocycles. The van der Waals surface area contributed by atoms with E-state index in [9.17, 15) is 0 Å². The van der Waals surface area contributed by atoms with Gasteiger partial charge in [0.05, 0.1) is 0 Å². The van der Waals surface area contributed by atoms with Crippen LogP contribution in [0.4, 0.5) is 0 Å². The lowest BCUT2D eigenvalue weighted by Crippen LogP contribution is -2.38. The number of aryl methyl sites for hydroxylation is 1. The van der Waals surface area contributed by atoms with Crippen molar-refractivity contribution in [2.75, 3.05) is 19.6 Å². The second kappa shape index (κ2) is 7.93. The molecule has 0 aliphatic carbocycles. The molecule has 0 aliphatic rings. The summed E-state index contributed by atoms with van der Waals surface area (Å²) in [6.07, 6.45) is 0. The van der Waals surface area contributed by atoms with Crippen molar-refractivity contribution >= 4 is 15.9 Å². The number of rotatable bonds is 7. The Hall–Kier alpha value is -0.380. The normalized spacial score (nSPS) is 13.0. The van der Waals surface area contributed by atoms with E-state index in [1.807, 2.05) is 0 Å². The fourth-order valence-electron chi connectivity index (χ4n) is 2.05. The van der Waals surface area contributed by atoms with Crippen LogP contribution in [0.25, 0.3) is 0 Å². The van der Waals surface area contributed by atoms with Crippen molar-refractivity contribution in [3.63, 3.8) is 0 Å². The molecule has 1 rings (SSSR count). The van der Waals surface area contributed by atoms with Gasteiger partial charge in [0.2, 0.25) is 0 Å². The highest BCUT2D eigenvalue weighted by Crippen LogP contribution is 2.15. The van der Waals surface area contributed by atoms with Crippen LogP contribution in [0.5, 0.6) is 0 Å². The highest BCUT2D eigenvalue weighted by Gasteiger charge is 2.07. The van der Waals surface area contributed by atoms with Gasteiger partial charge >= 0.3 is 0 Å². The number of nitrogens with one attached hydrogen (secondary N) is 1. The molecule has 18 heavy (non-hydrogen) atoms. The summed E-state index contributed by atoms with van der Waals surface area (Å²) < 4.78 is 1.15. The number of likely N-dealkylation sites (N-methyl/N-ethyl adjacent to an activating group) is 1. The number of hydrogen-bond donors (Lipinski definition) is 1. The van der Waals surface area contributed by atoms with Crippen molar-refractivity contribution in [3.05, 3.63) is 33.8 Å². The Bertz CT molecular complexity index is 362. The van der Waals surface area contributed by atoms with Crippen LogP contribution < -0.4 is 5.32 Å². The minimum absolute atomic E-state index is 0.517. The van der Waals surface area contributed by atoms with Crippen LogP contribution in [0.3, 0.4) is 0 Å². The predicted molar refractivity (Wildman–Crippen MR) is 83.0 cm³/mol. The summed E-state index contributed by atoms with van der Waals surface area (Å²) in [4.78, 5) is 2.45. The first-order valence-corrected chi connectivity index (χ1v) is 7.56. The van der Waals surface area contributed by atoms with Crippen LogP contribution in [0.2, 0.25) is 0 Å². The number of nitrogens with zero attached hydrogens (tertiary/aromatic N) is 1. The van der Waals surface area contributed by atoms with Crippen LogP contribution in [-0.4, -0.2) is 30.6 Å². The molecule has 0 bridgehead atoms. The lowest BCUT2D eigenvalue weighted by atomic mass is 10.1. The third kappa shape index (κ3) is 5.09. The first-order valence-electron chi connectivity index (χ1n) is 6.77. The van der Waals surface area contributed by atoms with Crippen LogP contribution in [0.15, 0.2) is 22.7 Å². The zero-order valence-corrected chi connectivity index (χ0v) is 13.5. The van der Waals surface area contributed by atoms with Crippen LogP contribution in [0.1, 0.15) is 31.9 Å². The van der Waals surface area contributed by atoms with Crippen molar-refractivity contribution < 1.29 is 0 Å². The second-order valence-corrected chi connectivity index (χ2v) is 5.75. The molecule has 3 heteroatoms. The summed E-state index contributed by atoms with van der Waals surface area (Å²) in [7, 11) is 0. The van der Waals surface area contributed by atoms with Crippen LogP contribution >= 0.6 is 15.9 Å². The van der Waals surface area contributed by atoms with Gasteiger partial charge in [0, 0.05) is 23.6 Å². The molecule has 0 spiro atoms. The standard InChI is InChI=1S/C15H25BrN2/c1-5-18(6-2)11-13(4)17-10-14-9-15(16)8-7-12(14)3/h7-9,13,17H,5-6,10-11H2,1-4H3. The molecule has 1 aromatic carbocycles. The molecular weight excluding hydrogens is 288 g/mol. The van der Waals surface area contributed by atoms with E-state index in [-0.39, 0.29) is 0 Å². The van der Waals surface area contributed by atoms with E-state index in [0.29, 0.717) is 6.04 Å². The topological polar surface area (TPSA) is 15.3 Å². The molecule has 102 valence electrons. The van der Waals surface area contributed by atoms with E-state index in [1.165, 1.54) is 11.1 Å². The molecule has 1 aromatic rings. The van der Waals surface area contributed by atoms with Crippen molar-refractivity contribution in [3.8, 4) is 0 Å². The third-order valence-corrected chi connectivity index (χ3v) is 3.87. The minimum atomic E-state index is 0.517. The lowest BCUT2D eigenvalue weighted by molar-refractivity contribution is 0.270. The number of halogens is 1. The highest BCUT2D eigenvalue weighted by molar-refractivity contribution is 9.10. The average molecular weight is 313 g/mol. The predicted octanol–water partition coefficient (Wildman–Crippen LogP) is 3.58. The molecule has 1 atom stereocenters. The lowest BCUT2D eigenvalue weighted by Gasteiger charge is -2.23. The largest absolute Gasteiger partial charge is 0.309 e. The molecule has 0 heterocycles. The van der Waals surface area contributed by atoms with Gasteiger partial charge in [-0.3, -0.25) is 0 Å². The average Bonchev–Trinajstić information content (AvgIpc) is 2.37. The maximum absolute atomic E-state index is 3.60. The van der Waals surface area contributed by atoms with Gasteiger partial charge in [0.1, 0.15) is 0 Å². The Morgan fingerprint density at radius 2 is 1.94 bits per heavy atom. The van der Waals surface area contributed by atoms with Crippen molar-refractivity contribution in [1.82, 2.24) is 10.2 Å². The number of benzene rings is 1. The molecular formula is C15H25BrN2. The van der Waals surface area contributed by atoms with E-state index in [4.69, 9.17) is 0 Å². The SMILES string of the molecule is CCN(CC)CC(C)NCc1cc(Br)ccc1C. The fourth-order valence-corrected chi connectivity index (χ4v) is 2.46. The molecule has 0 amide bonds. The number of hydrogen-bond acceptors (Lipinski definition) is 2. The Morgan fingerprint density at radius 1 is 1.28 bits per heavy atom. The Balaban J connectivity index is 2.46. The summed E-state index contributed by atoms with van der Waals surface area (Å²) in [6.45, 7) is 13.2. The molecule has 0 saturated carbocycles. The van der Waals surface area contributed by atoms with Gasteiger partial charge in [-0.1, -0.05) is 35.8 Å². The molecule has 0 radical (unpaired) electrons. The van der Waals surface area contributed by atoms with Crippen LogP contribution in [0, 0.1) is 6.92 Å². The van der Waals surface area contributed by atoms with Crippen molar-refractivity contribution in [1.29, 1.82) is 0 Å². The Labute approximate surface area is 120 Å². The van der Waals surface area contributed by atoms with E-state index in [1.54, 1.807) is 0 Å². The fraction of sp³-hybridized carbons (Fsp3) is 0.600. The van der Waals surface area contributed by atoms with E-state index < -0.39 is 0 Å². The van der Waals surface area contributed by atoms with Gasteiger partial charge in [-0.25, -0.2) is 0 Å². The van der Waals surface area contributed by atoms with Gasteiger partial charge in [-0.2, -0.15) is 0 Å². The third-order valence-electron chi connectivity index (χ3n) is 3.38. The van der Waals surface area contributed by atoms with Crippen LogP contribution in [-0.2, 0) is 6.54 Å². The Kier molecular flexibility index (Phi) is 6.90.